The molecular weight excluding hydrogens is 274 g/mol. The highest BCUT2D eigenvalue weighted by atomic mass is 32.1. The van der Waals surface area contributed by atoms with Gasteiger partial charge in [0.25, 0.3) is 0 Å². The highest BCUT2D eigenvalue weighted by molar-refractivity contribution is 7.15. The zero-order chi connectivity index (χ0) is 13.9. The van der Waals surface area contributed by atoms with Crippen LogP contribution in [0.5, 0.6) is 5.88 Å². The number of thiazole rings is 1. The van der Waals surface area contributed by atoms with Gasteiger partial charge in [0.2, 0.25) is 5.88 Å². The van der Waals surface area contributed by atoms with Gasteiger partial charge in [0.1, 0.15) is 0 Å². The first-order chi connectivity index (χ1) is 9.80. The van der Waals surface area contributed by atoms with Crippen LogP contribution in [-0.4, -0.2) is 33.7 Å². The quantitative estimate of drug-likeness (QED) is 0.774. The summed E-state index contributed by atoms with van der Waals surface area (Å²) in [6.45, 7) is 0. The number of nitrogens with zero attached hydrogens (tertiary/aromatic N) is 4. The normalized spacial score (nSPS) is 12.7. The molecule has 6 nitrogen and oxygen atoms in total. The van der Waals surface area contributed by atoms with Crippen molar-refractivity contribution in [2.75, 3.05) is 14.2 Å². The van der Waals surface area contributed by atoms with E-state index < -0.39 is 0 Å². The largest absolute Gasteiger partial charge is 0.480 e. The van der Waals surface area contributed by atoms with Gasteiger partial charge in [0.05, 0.1) is 24.5 Å². The van der Waals surface area contributed by atoms with Crippen molar-refractivity contribution >= 4 is 16.3 Å². The van der Waals surface area contributed by atoms with Crippen LogP contribution < -0.4 is 10.1 Å². The average molecular weight is 289 g/mol. The number of imidazole rings is 1. The third-order valence-corrected chi connectivity index (χ3v) is 3.90. The number of ether oxygens (including phenoxy) is 1. The minimum atomic E-state index is 0.0815. The lowest BCUT2D eigenvalue weighted by Crippen LogP contribution is -2.20. The number of rotatable bonds is 5. The third kappa shape index (κ3) is 2.50. The Kier molecular flexibility index (Phi) is 3.62. The van der Waals surface area contributed by atoms with Crippen LogP contribution >= 0.6 is 11.3 Å². The highest BCUT2D eigenvalue weighted by Gasteiger charge is 2.15. The first-order valence-electron chi connectivity index (χ1n) is 6.26. The SMILES string of the molecule is CNC(Cc1cn2ccsc2n1)c1ccc(OC)nn1. The van der Waals surface area contributed by atoms with Crippen LogP contribution in [0.4, 0.5) is 0 Å². The predicted octanol–water partition coefficient (Wildman–Crippen LogP) is 1.70. The second-order valence-electron chi connectivity index (χ2n) is 4.37. The van der Waals surface area contributed by atoms with Crippen molar-refractivity contribution in [1.82, 2.24) is 24.9 Å². The highest BCUT2D eigenvalue weighted by Crippen LogP contribution is 2.19. The lowest BCUT2D eigenvalue weighted by molar-refractivity contribution is 0.389. The van der Waals surface area contributed by atoms with Crippen molar-refractivity contribution in [1.29, 1.82) is 0 Å². The van der Waals surface area contributed by atoms with E-state index in [1.807, 2.05) is 41.4 Å². The Hall–Kier alpha value is -1.99. The molecule has 20 heavy (non-hydrogen) atoms. The van der Waals surface area contributed by atoms with Crippen molar-refractivity contribution in [3.05, 3.63) is 41.3 Å². The molecule has 0 bridgehead atoms. The topological polar surface area (TPSA) is 64.3 Å². The summed E-state index contributed by atoms with van der Waals surface area (Å²) in [5.41, 5.74) is 1.92. The number of hydrogen-bond donors (Lipinski definition) is 1. The van der Waals surface area contributed by atoms with Gasteiger partial charge in [-0.1, -0.05) is 0 Å². The van der Waals surface area contributed by atoms with E-state index in [2.05, 4.69) is 20.5 Å². The van der Waals surface area contributed by atoms with Gasteiger partial charge in [-0.25, -0.2) is 4.98 Å². The Morgan fingerprint density at radius 2 is 2.30 bits per heavy atom. The summed E-state index contributed by atoms with van der Waals surface area (Å²) in [5, 5.41) is 13.5. The molecule has 1 N–H and O–H groups in total. The van der Waals surface area contributed by atoms with Crippen LogP contribution in [0.15, 0.2) is 29.9 Å². The minimum absolute atomic E-state index is 0.0815. The summed E-state index contributed by atoms with van der Waals surface area (Å²) < 4.78 is 7.06. The molecule has 3 aromatic rings. The summed E-state index contributed by atoms with van der Waals surface area (Å²) in [6.07, 6.45) is 4.83. The van der Waals surface area contributed by atoms with Crippen LogP contribution in [-0.2, 0) is 6.42 Å². The van der Waals surface area contributed by atoms with Gasteiger partial charge in [-0.05, 0) is 13.1 Å². The number of nitrogens with one attached hydrogen (secondary N) is 1. The number of methoxy groups -OCH3 is 1. The number of hydrogen-bond acceptors (Lipinski definition) is 6. The maximum Gasteiger partial charge on any atom is 0.233 e. The van der Waals surface area contributed by atoms with E-state index in [1.54, 1.807) is 18.4 Å². The van der Waals surface area contributed by atoms with Gasteiger partial charge < -0.3 is 10.1 Å². The number of aromatic nitrogens is 4. The second-order valence-corrected chi connectivity index (χ2v) is 5.24. The Labute approximate surface area is 120 Å². The molecule has 3 aromatic heterocycles. The number of likely N-dealkylation sites (N-methyl/N-ethyl adjacent to an activating group) is 1. The third-order valence-electron chi connectivity index (χ3n) is 3.13. The maximum absolute atomic E-state index is 5.02. The predicted molar refractivity (Wildman–Crippen MR) is 77.2 cm³/mol. The molecule has 0 saturated carbocycles. The fraction of sp³-hybridized carbons (Fsp3) is 0.308. The maximum atomic E-state index is 5.02. The van der Waals surface area contributed by atoms with Crippen molar-refractivity contribution in [2.24, 2.45) is 0 Å². The van der Waals surface area contributed by atoms with E-state index in [1.165, 1.54) is 0 Å². The van der Waals surface area contributed by atoms with Crippen LogP contribution in [0.1, 0.15) is 17.4 Å². The Bertz CT molecular complexity index is 662. The van der Waals surface area contributed by atoms with Crippen molar-refractivity contribution in [3.63, 3.8) is 0 Å². The molecule has 0 aliphatic heterocycles. The Morgan fingerprint density at radius 3 is 2.95 bits per heavy atom. The molecule has 1 unspecified atom stereocenters. The molecule has 0 spiro atoms. The van der Waals surface area contributed by atoms with Gasteiger partial charge in [-0.15, -0.1) is 16.4 Å². The molecule has 0 radical (unpaired) electrons. The monoisotopic (exact) mass is 289 g/mol. The van der Waals surface area contributed by atoms with Crippen LogP contribution in [0.2, 0.25) is 0 Å². The second kappa shape index (κ2) is 5.56. The van der Waals surface area contributed by atoms with E-state index in [4.69, 9.17) is 4.74 Å². The van der Waals surface area contributed by atoms with Gasteiger partial charge in [-0.2, -0.15) is 5.10 Å². The first-order valence-corrected chi connectivity index (χ1v) is 7.14. The van der Waals surface area contributed by atoms with Crippen LogP contribution in [0.25, 0.3) is 4.96 Å². The van der Waals surface area contributed by atoms with Crippen LogP contribution in [0, 0.1) is 0 Å². The standard InChI is InChI=1S/C13H15N5OS/c1-14-11(10-3-4-12(19-2)17-16-10)7-9-8-18-5-6-20-13(18)15-9/h3-6,8,11,14H,7H2,1-2H3. The van der Waals surface area contributed by atoms with Crippen molar-refractivity contribution < 1.29 is 4.74 Å². The zero-order valence-corrected chi connectivity index (χ0v) is 12.1. The van der Waals surface area contributed by atoms with Crippen molar-refractivity contribution in [3.8, 4) is 5.88 Å². The van der Waals surface area contributed by atoms with Crippen LogP contribution in [0.3, 0.4) is 0 Å². The molecule has 7 heteroatoms. The fourth-order valence-electron chi connectivity index (χ4n) is 2.06. The smallest absolute Gasteiger partial charge is 0.233 e. The molecule has 0 aliphatic rings. The molecule has 0 aromatic carbocycles. The molecule has 104 valence electrons. The fourth-order valence-corrected chi connectivity index (χ4v) is 2.78. The summed E-state index contributed by atoms with van der Waals surface area (Å²) in [5.74, 6) is 0.520. The van der Waals surface area contributed by atoms with Gasteiger partial charge in [0, 0.05) is 30.3 Å². The molecule has 0 saturated heterocycles. The van der Waals surface area contributed by atoms with E-state index >= 15 is 0 Å². The Balaban J connectivity index is 1.80. The molecule has 0 fully saturated rings. The van der Waals surface area contributed by atoms with E-state index in [0.29, 0.717) is 5.88 Å². The van der Waals surface area contributed by atoms with E-state index in [0.717, 1.165) is 22.8 Å². The Morgan fingerprint density at radius 1 is 1.40 bits per heavy atom. The molecule has 3 heterocycles. The molecule has 1 atom stereocenters. The molecule has 0 amide bonds. The van der Waals surface area contributed by atoms with E-state index in [9.17, 15) is 0 Å². The van der Waals surface area contributed by atoms with Gasteiger partial charge in [0.15, 0.2) is 4.96 Å². The molecule has 3 rings (SSSR count). The first kappa shape index (κ1) is 13.0. The molecular formula is C13H15N5OS. The minimum Gasteiger partial charge on any atom is -0.480 e. The lowest BCUT2D eigenvalue weighted by atomic mass is 10.1. The summed E-state index contributed by atoms with van der Waals surface area (Å²) >= 11 is 1.63. The lowest BCUT2D eigenvalue weighted by Gasteiger charge is -2.13. The van der Waals surface area contributed by atoms with E-state index in [-0.39, 0.29) is 6.04 Å². The van der Waals surface area contributed by atoms with Crippen molar-refractivity contribution in [2.45, 2.75) is 12.5 Å². The number of fused-ring (bicyclic) bond motifs is 1. The average Bonchev–Trinajstić information content (AvgIpc) is 3.06. The molecule has 0 aliphatic carbocycles. The summed E-state index contributed by atoms with van der Waals surface area (Å²) in [4.78, 5) is 5.60. The van der Waals surface area contributed by atoms with Gasteiger partial charge in [-0.3, -0.25) is 4.40 Å². The summed E-state index contributed by atoms with van der Waals surface area (Å²) in [6, 6.07) is 3.82. The zero-order valence-electron chi connectivity index (χ0n) is 11.3. The summed E-state index contributed by atoms with van der Waals surface area (Å²) in [7, 11) is 3.49. The van der Waals surface area contributed by atoms with Gasteiger partial charge >= 0.3 is 0 Å².